The molecular weight excluding hydrogens is 252 g/mol. The largest absolute Gasteiger partial charge is 0.366 e. The highest BCUT2D eigenvalue weighted by Crippen LogP contribution is 2.27. The van der Waals surface area contributed by atoms with Crippen molar-refractivity contribution in [3.05, 3.63) is 28.8 Å². The fraction of sp³-hybridized carbons (Fsp3) is 0.222. The molecule has 1 aromatic rings. The minimum atomic E-state index is -3.42. The molecule has 0 bridgehead atoms. The molecule has 0 aliphatic rings. The average molecular weight is 263 g/mol. The third kappa shape index (κ3) is 2.65. The van der Waals surface area contributed by atoms with E-state index >= 15 is 0 Å². The first-order valence-electron chi connectivity index (χ1n) is 4.26. The van der Waals surface area contributed by atoms with Crippen LogP contribution < -0.4 is 10.0 Å². The molecule has 0 aliphatic heterocycles. The van der Waals surface area contributed by atoms with Crippen molar-refractivity contribution in [2.45, 2.75) is 0 Å². The number of amides is 1. The van der Waals surface area contributed by atoms with E-state index in [4.69, 9.17) is 17.3 Å². The Morgan fingerprint density at radius 2 is 2.00 bits per heavy atom. The molecule has 0 radical (unpaired) electrons. The van der Waals surface area contributed by atoms with Gasteiger partial charge in [-0.2, -0.15) is 0 Å². The molecule has 5 nitrogen and oxygen atoms in total. The van der Waals surface area contributed by atoms with Crippen molar-refractivity contribution >= 4 is 33.2 Å². The number of nitrogens with zero attached hydrogens (tertiary/aromatic N) is 1. The number of hydrogen-bond acceptors (Lipinski definition) is 3. The zero-order valence-electron chi connectivity index (χ0n) is 8.77. The van der Waals surface area contributed by atoms with E-state index in [0.717, 1.165) is 10.6 Å². The lowest BCUT2D eigenvalue weighted by Crippen LogP contribution is -2.25. The number of hydrogen-bond donors (Lipinski definition) is 1. The van der Waals surface area contributed by atoms with Crippen LogP contribution in [0.2, 0.25) is 5.02 Å². The van der Waals surface area contributed by atoms with Gasteiger partial charge in [0.2, 0.25) is 15.9 Å². The number of carbonyl (C=O) groups excluding carboxylic acids is 1. The smallest absolute Gasteiger partial charge is 0.248 e. The maximum Gasteiger partial charge on any atom is 0.248 e. The van der Waals surface area contributed by atoms with Crippen molar-refractivity contribution in [3.8, 4) is 0 Å². The summed E-state index contributed by atoms with van der Waals surface area (Å²) in [6.07, 6.45) is 1.04. The molecular formula is C9H11ClN2O3S. The van der Waals surface area contributed by atoms with E-state index in [-0.39, 0.29) is 16.3 Å². The topological polar surface area (TPSA) is 80.5 Å². The molecule has 7 heteroatoms. The maximum atomic E-state index is 11.3. The van der Waals surface area contributed by atoms with E-state index in [1.807, 2.05) is 0 Å². The summed E-state index contributed by atoms with van der Waals surface area (Å²) in [4.78, 5) is 10.9. The highest BCUT2D eigenvalue weighted by Gasteiger charge is 2.16. The normalized spacial score (nSPS) is 11.2. The van der Waals surface area contributed by atoms with Gasteiger partial charge in [-0.05, 0) is 18.2 Å². The summed E-state index contributed by atoms with van der Waals surface area (Å²) in [5.74, 6) is -0.639. The van der Waals surface area contributed by atoms with Gasteiger partial charge in [0.15, 0.2) is 0 Å². The lowest BCUT2D eigenvalue weighted by Gasteiger charge is -2.18. The van der Waals surface area contributed by atoms with Crippen LogP contribution in [-0.2, 0) is 10.0 Å². The van der Waals surface area contributed by atoms with E-state index in [9.17, 15) is 13.2 Å². The van der Waals surface area contributed by atoms with Gasteiger partial charge in [0, 0.05) is 12.6 Å². The number of rotatable bonds is 3. The molecule has 1 rings (SSSR count). The standard InChI is InChI=1S/C9H11ClN2O3S/c1-12(16(2,14)15)8-5-6(9(11)13)3-4-7(8)10/h3-5H,1-2H3,(H2,11,13). The number of sulfonamides is 1. The summed E-state index contributed by atoms with van der Waals surface area (Å²) in [6, 6.07) is 4.20. The average Bonchev–Trinajstić information content (AvgIpc) is 2.15. The van der Waals surface area contributed by atoms with Gasteiger partial charge in [-0.3, -0.25) is 9.10 Å². The first kappa shape index (κ1) is 12.8. The van der Waals surface area contributed by atoms with Crippen LogP contribution in [0, 0.1) is 0 Å². The molecule has 88 valence electrons. The second kappa shape index (κ2) is 4.31. The fourth-order valence-electron chi connectivity index (χ4n) is 1.09. The fourth-order valence-corrected chi connectivity index (χ4v) is 1.89. The van der Waals surface area contributed by atoms with Crippen LogP contribution in [0.4, 0.5) is 5.69 Å². The summed E-state index contributed by atoms with van der Waals surface area (Å²) in [5, 5.41) is 0.234. The SMILES string of the molecule is CN(c1cc(C(N)=O)ccc1Cl)S(C)(=O)=O. The number of nitrogens with two attached hydrogens (primary N) is 1. The van der Waals surface area contributed by atoms with Crippen molar-refractivity contribution < 1.29 is 13.2 Å². The van der Waals surface area contributed by atoms with Gasteiger partial charge in [0.25, 0.3) is 0 Å². The zero-order chi connectivity index (χ0) is 12.5. The van der Waals surface area contributed by atoms with Crippen LogP contribution in [0.15, 0.2) is 18.2 Å². The Morgan fingerprint density at radius 1 is 1.44 bits per heavy atom. The third-order valence-corrected chi connectivity index (χ3v) is 3.58. The number of anilines is 1. The summed E-state index contributed by atoms with van der Waals surface area (Å²) in [5.41, 5.74) is 5.52. The Bertz CT molecular complexity index is 528. The zero-order valence-corrected chi connectivity index (χ0v) is 10.3. The van der Waals surface area contributed by atoms with Crippen LogP contribution >= 0.6 is 11.6 Å². The van der Waals surface area contributed by atoms with E-state index in [0.29, 0.717) is 0 Å². The van der Waals surface area contributed by atoms with Crippen LogP contribution in [0.3, 0.4) is 0 Å². The summed E-state index contributed by atoms with van der Waals surface area (Å²) in [7, 11) is -2.08. The van der Waals surface area contributed by atoms with E-state index in [1.54, 1.807) is 0 Å². The molecule has 1 amide bonds. The molecule has 0 heterocycles. The van der Waals surface area contributed by atoms with E-state index < -0.39 is 15.9 Å². The Morgan fingerprint density at radius 3 is 2.44 bits per heavy atom. The molecule has 0 fully saturated rings. The minimum Gasteiger partial charge on any atom is -0.366 e. The summed E-state index contributed by atoms with van der Waals surface area (Å²) in [6.45, 7) is 0. The lowest BCUT2D eigenvalue weighted by atomic mass is 10.2. The molecule has 0 aromatic heterocycles. The third-order valence-electron chi connectivity index (χ3n) is 2.07. The van der Waals surface area contributed by atoms with E-state index in [2.05, 4.69) is 0 Å². The second-order valence-electron chi connectivity index (χ2n) is 3.26. The maximum absolute atomic E-state index is 11.3. The first-order valence-corrected chi connectivity index (χ1v) is 6.49. The molecule has 0 aliphatic carbocycles. The summed E-state index contributed by atoms with van der Waals surface area (Å²) >= 11 is 5.84. The Balaban J connectivity index is 3.33. The number of carbonyl (C=O) groups is 1. The number of halogens is 1. The van der Waals surface area contributed by atoms with Crippen LogP contribution in [0.1, 0.15) is 10.4 Å². The van der Waals surface area contributed by atoms with Crippen LogP contribution in [-0.4, -0.2) is 27.6 Å². The van der Waals surface area contributed by atoms with Crippen molar-refractivity contribution in [2.75, 3.05) is 17.6 Å². The second-order valence-corrected chi connectivity index (χ2v) is 5.68. The molecule has 2 N–H and O–H groups in total. The van der Waals surface area contributed by atoms with Crippen molar-refractivity contribution in [2.24, 2.45) is 5.73 Å². The molecule has 16 heavy (non-hydrogen) atoms. The molecule has 0 spiro atoms. The molecule has 0 unspecified atom stereocenters. The Kier molecular flexibility index (Phi) is 3.44. The van der Waals surface area contributed by atoms with Gasteiger partial charge in [0.05, 0.1) is 17.0 Å². The van der Waals surface area contributed by atoms with Crippen molar-refractivity contribution in [1.29, 1.82) is 0 Å². The van der Waals surface area contributed by atoms with E-state index in [1.165, 1.54) is 25.2 Å². The lowest BCUT2D eigenvalue weighted by molar-refractivity contribution is 0.100. The molecule has 0 atom stereocenters. The summed E-state index contributed by atoms with van der Waals surface area (Å²) < 4.78 is 23.6. The quantitative estimate of drug-likeness (QED) is 0.876. The predicted molar refractivity (Wildman–Crippen MR) is 63.2 cm³/mol. The van der Waals surface area contributed by atoms with Crippen LogP contribution in [0.25, 0.3) is 0 Å². The van der Waals surface area contributed by atoms with Crippen molar-refractivity contribution in [3.63, 3.8) is 0 Å². The first-order chi connectivity index (χ1) is 7.23. The van der Waals surface area contributed by atoms with Gasteiger partial charge in [0.1, 0.15) is 0 Å². The Labute approximate surface area is 98.9 Å². The Hall–Kier alpha value is -1.27. The van der Waals surface area contributed by atoms with Gasteiger partial charge in [-0.25, -0.2) is 8.42 Å². The molecule has 0 saturated heterocycles. The van der Waals surface area contributed by atoms with Gasteiger partial charge in [-0.1, -0.05) is 11.6 Å². The number of primary amides is 1. The monoisotopic (exact) mass is 262 g/mol. The highest BCUT2D eigenvalue weighted by atomic mass is 35.5. The minimum absolute atomic E-state index is 0.204. The van der Waals surface area contributed by atoms with Gasteiger partial charge >= 0.3 is 0 Å². The van der Waals surface area contributed by atoms with Crippen LogP contribution in [0.5, 0.6) is 0 Å². The molecule has 1 aromatic carbocycles. The predicted octanol–water partition coefficient (Wildman–Crippen LogP) is 0.835. The molecule has 0 saturated carbocycles. The number of benzene rings is 1. The van der Waals surface area contributed by atoms with Gasteiger partial charge in [-0.15, -0.1) is 0 Å². The van der Waals surface area contributed by atoms with Crippen molar-refractivity contribution in [1.82, 2.24) is 0 Å². The van der Waals surface area contributed by atoms with Gasteiger partial charge < -0.3 is 5.73 Å². The highest BCUT2D eigenvalue weighted by molar-refractivity contribution is 7.92.